The van der Waals surface area contributed by atoms with Gasteiger partial charge in [0.2, 0.25) is 5.91 Å². The number of rotatable bonds is 3. The molecule has 1 unspecified atom stereocenters. The van der Waals surface area contributed by atoms with E-state index in [0.717, 1.165) is 6.42 Å². The first kappa shape index (κ1) is 12.0. The Balaban J connectivity index is 2.14. The van der Waals surface area contributed by atoms with Crippen molar-refractivity contribution in [2.24, 2.45) is 18.7 Å². The van der Waals surface area contributed by atoms with Gasteiger partial charge < -0.3 is 15.8 Å². The first-order chi connectivity index (χ1) is 8.09. The molecule has 0 saturated carbocycles. The summed E-state index contributed by atoms with van der Waals surface area (Å²) in [5, 5.41) is 6.82. The SMILES string of the molecule is Cn1ncc(C(N)=S)c1NC(=O)C1CCOC1. The van der Waals surface area contributed by atoms with Crippen LogP contribution in [0.15, 0.2) is 6.20 Å². The molecule has 92 valence electrons. The van der Waals surface area contributed by atoms with Gasteiger partial charge in [-0.15, -0.1) is 0 Å². The zero-order valence-corrected chi connectivity index (χ0v) is 10.3. The summed E-state index contributed by atoms with van der Waals surface area (Å²) in [6.45, 7) is 1.09. The van der Waals surface area contributed by atoms with Gasteiger partial charge in [-0.3, -0.25) is 9.48 Å². The van der Waals surface area contributed by atoms with Crippen molar-refractivity contribution in [2.75, 3.05) is 18.5 Å². The summed E-state index contributed by atoms with van der Waals surface area (Å²) in [5.74, 6) is 0.349. The number of thiocarbonyl (C=S) groups is 1. The third-order valence-corrected chi connectivity index (χ3v) is 2.97. The van der Waals surface area contributed by atoms with Crippen molar-refractivity contribution in [1.82, 2.24) is 9.78 Å². The van der Waals surface area contributed by atoms with Gasteiger partial charge in [-0.2, -0.15) is 5.10 Å². The summed E-state index contributed by atoms with van der Waals surface area (Å²) in [5.41, 5.74) is 6.14. The number of carbonyl (C=O) groups is 1. The number of aromatic nitrogens is 2. The molecule has 2 rings (SSSR count). The highest BCUT2D eigenvalue weighted by molar-refractivity contribution is 7.80. The quantitative estimate of drug-likeness (QED) is 0.744. The van der Waals surface area contributed by atoms with Crippen molar-refractivity contribution in [1.29, 1.82) is 0 Å². The Labute approximate surface area is 104 Å². The zero-order valence-electron chi connectivity index (χ0n) is 9.47. The number of nitrogens with two attached hydrogens (primary N) is 1. The molecule has 7 heteroatoms. The average Bonchev–Trinajstić information content (AvgIpc) is 2.89. The molecule has 1 fully saturated rings. The van der Waals surface area contributed by atoms with Crippen LogP contribution in [-0.2, 0) is 16.6 Å². The van der Waals surface area contributed by atoms with Gasteiger partial charge in [0, 0.05) is 13.7 Å². The number of nitrogens with one attached hydrogen (secondary N) is 1. The van der Waals surface area contributed by atoms with Gasteiger partial charge in [0.25, 0.3) is 0 Å². The number of hydrogen-bond donors (Lipinski definition) is 2. The molecule has 1 aromatic rings. The van der Waals surface area contributed by atoms with E-state index < -0.39 is 0 Å². The van der Waals surface area contributed by atoms with Crippen molar-refractivity contribution in [2.45, 2.75) is 6.42 Å². The first-order valence-electron chi connectivity index (χ1n) is 5.30. The standard InChI is InChI=1S/C10H14N4O2S/c1-14-9(7(4-12-14)8(11)17)13-10(15)6-2-3-16-5-6/h4,6H,2-3,5H2,1H3,(H2,11,17)(H,13,15). The molecular formula is C10H14N4O2S. The second-order valence-corrected chi connectivity index (χ2v) is 4.38. The predicted molar refractivity (Wildman–Crippen MR) is 66.7 cm³/mol. The molecule has 1 saturated heterocycles. The van der Waals surface area contributed by atoms with E-state index in [1.807, 2.05) is 0 Å². The number of amides is 1. The number of hydrogen-bond acceptors (Lipinski definition) is 4. The van der Waals surface area contributed by atoms with Gasteiger partial charge in [-0.25, -0.2) is 0 Å². The Bertz CT molecular complexity index is 451. The minimum Gasteiger partial charge on any atom is -0.389 e. The van der Waals surface area contributed by atoms with Gasteiger partial charge in [0.15, 0.2) is 0 Å². The summed E-state index contributed by atoms with van der Waals surface area (Å²) in [4.78, 5) is 12.1. The largest absolute Gasteiger partial charge is 0.389 e. The molecule has 1 aromatic heterocycles. The van der Waals surface area contributed by atoms with E-state index in [-0.39, 0.29) is 16.8 Å². The highest BCUT2D eigenvalue weighted by Gasteiger charge is 2.25. The molecule has 1 aliphatic heterocycles. The molecule has 6 nitrogen and oxygen atoms in total. The van der Waals surface area contributed by atoms with E-state index >= 15 is 0 Å². The van der Waals surface area contributed by atoms with Gasteiger partial charge >= 0.3 is 0 Å². The van der Waals surface area contributed by atoms with Crippen molar-refractivity contribution < 1.29 is 9.53 Å². The molecule has 0 spiro atoms. The molecular weight excluding hydrogens is 240 g/mol. The van der Waals surface area contributed by atoms with Crippen LogP contribution >= 0.6 is 12.2 Å². The normalized spacial score (nSPS) is 19.2. The maximum Gasteiger partial charge on any atom is 0.231 e. The monoisotopic (exact) mass is 254 g/mol. The van der Waals surface area contributed by atoms with Gasteiger partial charge in [-0.1, -0.05) is 12.2 Å². The van der Waals surface area contributed by atoms with Crippen LogP contribution in [0.4, 0.5) is 5.82 Å². The third kappa shape index (κ3) is 2.45. The molecule has 2 heterocycles. The second-order valence-electron chi connectivity index (χ2n) is 3.94. The Morgan fingerprint density at radius 3 is 3.12 bits per heavy atom. The topological polar surface area (TPSA) is 82.2 Å². The fourth-order valence-corrected chi connectivity index (χ4v) is 1.88. The lowest BCUT2D eigenvalue weighted by Crippen LogP contribution is -2.25. The van der Waals surface area contributed by atoms with Crippen molar-refractivity contribution in [3.63, 3.8) is 0 Å². The molecule has 1 aliphatic rings. The summed E-state index contributed by atoms with van der Waals surface area (Å²) in [6.07, 6.45) is 2.29. The molecule has 1 atom stereocenters. The van der Waals surface area contributed by atoms with Crippen molar-refractivity contribution >= 4 is 28.9 Å². The molecule has 0 bridgehead atoms. The van der Waals surface area contributed by atoms with Crippen LogP contribution in [0.5, 0.6) is 0 Å². The molecule has 1 amide bonds. The lowest BCUT2D eigenvalue weighted by atomic mass is 10.1. The lowest BCUT2D eigenvalue weighted by molar-refractivity contribution is -0.119. The minimum absolute atomic E-state index is 0.0800. The van der Waals surface area contributed by atoms with Gasteiger partial charge in [0.05, 0.1) is 24.3 Å². The fourth-order valence-electron chi connectivity index (χ4n) is 1.73. The summed E-state index contributed by atoms with van der Waals surface area (Å²) in [6, 6.07) is 0. The van der Waals surface area contributed by atoms with Crippen molar-refractivity contribution in [3.8, 4) is 0 Å². The van der Waals surface area contributed by atoms with Crippen LogP contribution in [0.1, 0.15) is 12.0 Å². The summed E-state index contributed by atoms with van der Waals surface area (Å²) in [7, 11) is 1.72. The van der Waals surface area contributed by atoms with Crippen LogP contribution in [0, 0.1) is 5.92 Å². The number of ether oxygens (including phenoxy) is 1. The Kier molecular flexibility index (Phi) is 3.39. The maximum absolute atomic E-state index is 11.9. The Morgan fingerprint density at radius 1 is 1.76 bits per heavy atom. The molecule has 17 heavy (non-hydrogen) atoms. The van der Waals surface area contributed by atoms with Crippen LogP contribution in [0.3, 0.4) is 0 Å². The maximum atomic E-state index is 11.9. The number of anilines is 1. The predicted octanol–water partition coefficient (Wildman–Crippen LogP) is 0.0293. The molecule has 0 aliphatic carbocycles. The fraction of sp³-hybridized carbons (Fsp3) is 0.500. The van der Waals surface area contributed by atoms with Crippen molar-refractivity contribution in [3.05, 3.63) is 11.8 Å². The summed E-state index contributed by atoms with van der Waals surface area (Å²) >= 11 is 4.90. The zero-order chi connectivity index (χ0) is 12.4. The molecule has 0 aromatic carbocycles. The van der Waals surface area contributed by atoms with E-state index in [9.17, 15) is 4.79 Å². The van der Waals surface area contributed by atoms with Gasteiger partial charge in [0.1, 0.15) is 10.8 Å². The van der Waals surface area contributed by atoms with E-state index in [1.54, 1.807) is 17.9 Å². The van der Waals surface area contributed by atoms with Crippen LogP contribution in [-0.4, -0.2) is 33.9 Å². The van der Waals surface area contributed by atoms with E-state index in [4.69, 9.17) is 22.7 Å². The smallest absolute Gasteiger partial charge is 0.231 e. The average molecular weight is 254 g/mol. The van der Waals surface area contributed by atoms with E-state index in [2.05, 4.69) is 10.4 Å². The van der Waals surface area contributed by atoms with Gasteiger partial charge in [-0.05, 0) is 6.42 Å². The number of carbonyl (C=O) groups excluding carboxylic acids is 1. The summed E-state index contributed by atoms with van der Waals surface area (Å²) < 4.78 is 6.72. The minimum atomic E-state index is -0.107. The Morgan fingerprint density at radius 2 is 2.53 bits per heavy atom. The number of aryl methyl sites for hydroxylation is 1. The highest BCUT2D eigenvalue weighted by atomic mass is 32.1. The van der Waals surface area contributed by atoms with E-state index in [0.29, 0.717) is 24.6 Å². The third-order valence-electron chi connectivity index (χ3n) is 2.75. The molecule has 0 radical (unpaired) electrons. The molecule has 3 N–H and O–H groups in total. The van der Waals surface area contributed by atoms with Crippen LogP contribution < -0.4 is 11.1 Å². The number of nitrogens with zero attached hydrogens (tertiary/aromatic N) is 2. The van der Waals surface area contributed by atoms with E-state index in [1.165, 1.54) is 0 Å². The van der Waals surface area contributed by atoms with Crippen LogP contribution in [0.2, 0.25) is 0 Å². The second kappa shape index (κ2) is 4.80. The van der Waals surface area contributed by atoms with Crippen LogP contribution in [0.25, 0.3) is 0 Å². The lowest BCUT2D eigenvalue weighted by Gasteiger charge is -2.10. The highest BCUT2D eigenvalue weighted by Crippen LogP contribution is 2.18. The Hall–Kier alpha value is -1.47. The first-order valence-corrected chi connectivity index (χ1v) is 5.71.